The third kappa shape index (κ3) is 4.10. The number of rotatable bonds is 6. The van der Waals surface area contributed by atoms with E-state index in [1.165, 1.54) is 12.1 Å². The number of hydrogen-bond donors (Lipinski definition) is 0. The van der Waals surface area contributed by atoms with Crippen LogP contribution in [0.25, 0.3) is 0 Å². The summed E-state index contributed by atoms with van der Waals surface area (Å²) in [5.41, 5.74) is 2.18. The van der Waals surface area contributed by atoms with Crippen LogP contribution in [0.3, 0.4) is 0 Å². The van der Waals surface area contributed by atoms with Gasteiger partial charge in [0.15, 0.2) is 0 Å². The Morgan fingerprint density at radius 1 is 1.17 bits per heavy atom. The van der Waals surface area contributed by atoms with E-state index in [-0.39, 0.29) is 30.0 Å². The van der Waals surface area contributed by atoms with Gasteiger partial charge in [0.1, 0.15) is 5.75 Å². The first kappa shape index (κ1) is 17.5. The number of ether oxygens (including phenoxy) is 2. The lowest BCUT2D eigenvalue weighted by Crippen LogP contribution is -2.09. The van der Waals surface area contributed by atoms with E-state index in [1.807, 2.05) is 26.0 Å². The third-order valence-corrected chi connectivity index (χ3v) is 3.61. The average molecular weight is 329 g/mol. The van der Waals surface area contributed by atoms with Crippen LogP contribution in [0.15, 0.2) is 36.4 Å². The summed E-state index contributed by atoms with van der Waals surface area (Å²) in [6.07, 6.45) is -0.172. The van der Waals surface area contributed by atoms with E-state index < -0.39 is 10.9 Å². The Balaban J connectivity index is 2.37. The largest absolute Gasteiger partial charge is 0.466 e. The molecule has 2 rings (SSSR count). The standard InChI is InChI=1S/C18H19NO5/c1-4-23-17(20)11-14-6-5-7-16(18(14)19(21)22)24-15-9-8-12(2)13(3)10-15/h5-10H,4,11H2,1-3H3. The van der Waals surface area contributed by atoms with Crippen LogP contribution in [0, 0.1) is 24.0 Å². The number of hydrogen-bond acceptors (Lipinski definition) is 5. The lowest BCUT2D eigenvalue weighted by Gasteiger charge is -2.10. The lowest BCUT2D eigenvalue weighted by atomic mass is 10.1. The summed E-state index contributed by atoms with van der Waals surface area (Å²) in [7, 11) is 0. The van der Waals surface area contributed by atoms with Crippen LogP contribution in [0.5, 0.6) is 11.5 Å². The van der Waals surface area contributed by atoms with E-state index in [1.54, 1.807) is 19.1 Å². The molecule has 6 nitrogen and oxygen atoms in total. The molecule has 2 aromatic rings. The minimum Gasteiger partial charge on any atom is -0.466 e. The van der Waals surface area contributed by atoms with Gasteiger partial charge in [-0.15, -0.1) is 0 Å². The topological polar surface area (TPSA) is 78.7 Å². The van der Waals surface area contributed by atoms with Gasteiger partial charge in [-0.2, -0.15) is 0 Å². The van der Waals surface area contributed by atoms with Crippen molar-refractivity contribution in [2.24, 2.45) is 0 Å². The van der Waals surface area contributed by atoms with Gasteiger partial charge in [-0.3, -0.25) is 14.9 Å². The fraction of sp³-hybridized carbons (Fsp3) is 0.278. The summed E-state index contributed by atoms with van der Waals surface area (Å²) in [5, 5.41) is 11.5. The van der Waals surface area contributed by atoms with Crippen LogP contribution in [-0.4, -0.2) is 17.5 Å². The lowest BCUT2D eigenvalue weighted by molar-refractivity contribution is -0.386. The highest BCUT2D eigenvalue weighted by atomic mass is 16.6. The molecule has 2 aromatic carbocycles. The molecule has 24 heavy (non-hydrogen) atoms. The highest BCUT2D eigenvalue weighted by Gasteiger charge is 2.23. The first-order chi connectivity index (χ1) is 11.4. The average Bonchev–Trinajstić information content (AvgIpc) is 2.51. The quantitative estimate of drug-likeness (QED) is 0.453. The van der Waals surface area contributed by atoms with E-state index >= 15 is 0 Å². The van der Waals surface area contributed by atoms with E-state index in [2.05, 4.69) is 0 Å². The van der Waals surface area contributed by atoms with Gasteiger partial charge >= 0.3 is 11.7 Å². The number of para-hydroxylation sites is 1. The molecule has 0 aliphatic rings. The summed E-state index contributed by atoms with van der Waals surface area (Å²) in [6, 6.07) is 10.1. The molecule has 0 amide bonds. The second-order valence-corrected chi connectivity index (χ2v) is 5.35. The summed E-state index contributed by atoms with van der Waals surface area (Å²) >= 11 is 0. The van der Waals surface area contributed by atoms with Crippen molar-refractivity contribution < 1.29 is 19.2 Å². The van der Waals surface area contributed by atoms with Gasteiger partial charge < -0.3 is 9.47 Å². The van der Waals surface area contributed by atoms with Gasteiger partial charge in [0.2, 0.25) is 5.75 Å². The van der Waals surface area contributed by atoms with Gasteiger partial charge in [0, 0.05) is 5.56 Å². The van der Waals surface area contributed by atoms with Gasteiger partial charge in [0.25, 0.3) is 0 Å². The van der Waals surface area contributed by atoms with Crippen molar-refractivity contribution >= 4 is 11.7 Å². The molecule has 0 aromatic heterocycles. The normalized spacial score (nSPS) is 10.3. The predicted molar refractivity (Wildman–Crippen MR) is 89.4 cm³/mol. The van der Waals surface area contributed by atoms with Crippen molar-refractivity contribution in [3.63, 3.8) is 0 Å². The van der Waals surface area contributed by atoms with Crippen LogP contribution in [-0.2, 0) is 16.0 Å². The number of nitro groups is 1. The highest BCUT2D eigenvalue weighted by molar-refractivity contribution is 5.75. The first-order valence-corrected chi connectivity index (χ1v) is 7.59. The first-order valence-electron chi connectivity index (χ1n) is 7.59. The number of carbonyl (C=O) groups is 1. The number of aryl methyl sites for hydroxylation is 2. The second-order valence-electron chi connectivity index (χ2n) is 5.35. The Hall–Kier alpha value is -2.89. The SMILES string of the molecule is CCOC(=O)Cc1cccc(Oc2ccc(C)c(C)c2)c1[N+](=O)[O-]. The smallest absolute Gasteiger partial charge is 0.315 e. The Labute approximate surface area is 140 Å². The Kier molecular flexibility index (Phi) is 5.52. The number of nitro benzene ring substituents is 1. The molecule has 0 bridgehead atoms. The Morgan fingerprint density at radius 3 is 2.54 bits per heavy atom. The summed E-state index contributed by atoms with van der Waals surface area (Å²) < 4.78 is 10.6. The molecular formula is C18H19NO5. The molecule has 0 fully saturated rings. The molecule has 0 heterocycles. The van der Waals surface area contributed by atoms with Crippen LogP contribution < -0.4 is 4.74 Å². The van der Waals surface area contributed by atoms with Crippen molar-refractivity contribution in [2.45, 2.75) is 27.2 Å². The molecule has 0 saturated carbocycles. The molecular weight excluding hydrogens is 310 g/mol. The fourth-order valence-electron chi connectivity index (χ4n) is 2.27. The van der Waals surface area contributed by atoms with Crippen molar-refractivity contribution in [1.82, 2.24) is 0 Å². The van der Waals surface area contributed by atoms with E-state index in [4.69, 9.17) is 9.47 Å². The monoisotopic (exact) mass is 329 g/mol. The van der Waals surface area contributed by atoms with Crippen molar-refractivity contribution in [2.75, 3.05) is 6.61 Å². The maximum absolute atomic E-state index is 11.7. The number of nitrogens with zero attached hydrogens (tertiary/aromatic N) is 1. The minimum absolute atomic E-state index is 0.102. The van der Waals surface area contributed by atoms with Crippen LogP contribution in [0.4, 0.5) is 5.69 Å². The van der Waals surface area contributed by atoms with Crippen LogP contribution >= 0.6 is 0 Å². The zero-order chi connectivity index (χ0) is 17.7. The van der Waals surface area contributed by atoms with Crippen molar-refractivity contribution in [3.8, 4) is 11.5 Å². The van der Waals surface area contributed by atoms with Gasteiger partial charge in [-0.25, -0.2) is 0 Å². The molecule has 0 aliphatic carbocycles. The summed E-state index contributed by atoms with van der Waals surface area (Å²) in [4.78, 5) is 22.6. The van der Waals surface area contributed by atoms with Crippen LogP contribution in [0.1, 0.15) is 23.6 Å². The maximum Gasteiger partial charge on any atom is 0.315 e. The zero-order valence-corrected chi connectivity index (χ0v) is 13.9. The van der Waals surface area contributed by atoms with Crippen molar-refractivity contribution in [3.05, 3.63) is 63.2 Å². The Bertz CT molecular complexity index is 770. The number of carbonyl (C=O) groups excluding carboxylic acids is 1. The fourth-order valence-corrected chi connectivity index (χ4v) is 2.27. The molecule has 6 heteroatoms. The third-order valence-electron chi connectivity index (χ3n) is 3.61. The van der Waals surface area contributed by atoms with E-state index in [0.717, 1.165) is 11.1 Å². The molecule has 0 unspecified atom stereocenters. The van der Waals surface area contributed by atoms with E-state index in [9.17, 15) is 14.9 Å². The minimum atomic E-state index is -0.537. The molecule has 0 atom stereocenters. The van der Waals surface area contributed by atoms with Crippen molar-refractivity contribution in [1.29, 1.82) is 0 Å². The molecule has 0 N–H and O–H groups in total. The summed E-state index contributed by atoms with van der Waals surface area (Å²) in [5.74, 6) is 0.100. The zero-order valence-electron chi connectivity index (χ0n) is 13.9. The number of esters is 1. The second kappa shape index (κ2) is 7.59. The maximum atomic E-state index is 11.7. The Morgan fingerprint density at radius 2 is 1.92 bits per heavy atom. The van der Waals surface area contributed by atoms with E-state index in [0.29, 0.717) is 5.75 Å². The van der Waals surface area contributed by atoms with Gasteiger partial charge in [0.05, 0.1) is 18.0 Å². The number of benzene rings is 2. The molecule has 0 aliphatic heterocycles. The van der Waals surface area contributed by atoms with Gasteiger partial charge in [-0.1, -0.05) is 18.2 Å². The van der Waals surface area contributed by atoms with Gasteiger partial charge in [-0.05, 0) is 50.1 Å². The molecule has 0 radical (unpaired) electrons. The summed E-state index contributed by atoms with van der Waals surface area (Å²) in [6.45, 7) is 5.83. The predicted octanol–water partition coefficient (Wildman–Crippen LogP) is 4.11. The molecule has 0 saturated heterocycles. The van der Waals surface area contributed by atoms with Crippen LogP contribution in [0.2, 0.25) is 0 Å². The highest BCUT2D eigenvalue weighted by Crippen LogP contribution is 2.35. The molecule has 126 valence electrons. The molecule has 0 spiro atoms.